The average molecular weight is 336 g/mol. The Morgan fingerprint density at radius 1 is 1.24 bits per heavy atom. The Hall–Kier alpha value is -3.07. The molecule has 0 aliphatic carbocycles. The lowest BCUT2D eigenvalue weighted by Crippen LogP contribution is -2.40. The van der Waals surface area contributed by atoms with Gasteiger partial charge in [-0.2, -0.15) is 5.26 Å². The zero-order valence-electron chi connectivity index (χ0n) is 13.9. The molecule has 1 fully saturated rings. The van der Waals surface area contributed by atoms with E-state index in [4.69, 9.17) is 5.26 Å². The van der Waals surface area contributed by atoms with Crippen LogP contribution in [0.25, 0.3) is 0 Å². The molecule has 6 heteroatoms. The first kappa shape index (κ1) is 16.8. The molecule has 1 aliphatic heterocycles. The second-order valence-corrected chi connectivity index (χ2v) is 6.16. The molecule has 128 valence electrons. The van der Waals surface area contributed by atoms with E-state index >= 15 is 0 Å². The molecule has 1 aromatic carbocycles. The lowest BCUT2D eigenvalue weighted by molar-refractivity contribution is -0.125. The number of phenolic OH excluding ortho intramolecular Hbond substituents is 1. The summed E-state index contributed by atoms with van der Waals surface area (Å²) in [5.74, 6) is 1.15. The SMILES string of the molecule is N#Cc1ccc(N2CCC(C(=O)NCc3ccc(O)cc3)CC2)nc1. The van der Waals surface area contributed by atoms with E-state index in [1.165, 1.54) is 0 Å². The third-order valence-electron chi connectivity index (χ3n) is 4.47. The maximum absolute atomic E-state index is 12.3. The Bertz CT molecular complexity index is 758. The standard InChI is InChI=1S/C19H20N4O2/c20-11-15-3-6-18(21-13-15)23-9-7-16(8-10-23)19(25)22-12-14-1-4-17(24)5-2-14/h1-6,13,16,24H,7-10,12H2,(H,22,25). The van der Waals surface area contributed by atoms with E-state index in [-0.39, 0.29) is 17.6 Å². The number of carbonyl (C=O) groups is 1. The van der Waals surface area contributed by atoms with E-state index in [1.807, 2.05) is 6.07 Å². The number of nitriles is 1. The van der Waals surface area contributed by atoms with Gasteiger partial charge in [-0.25, -0.2) is 4.98 Å². The van der Waals surface area contributed by atoms with Crippen molar-refractivity contribution in [2.24, 2.45) is 5.92 Å². The van der Waals surface area contributed by atoms with Crippen molar-refractivity contribution in [2.75, 3.05) is 18.0 Å². The molecule has 2 aromatic rings. The third kappa shape index (κ3) is 4.27. The van der Waals surface area contributed by atoms with Crippen LogP contribution in [0.2, 0.25) is 0 Å². The van der Waals surface area contributed by atoms with Gasteiger partial charge < -0.3 is 15.3 Å². The highest BCUT2D eigenvalue weighted by atomic mass is 16.3. The molecular weight excluding hydrogens is 316 g/mol. The third-order valence-corrected chi connectivity index (χ3v) is 4.47. The highest BCUT2D eigenvalue weighted by molar-refractivity contribution is 5.79. The number of carbonyl (C=O) groups excluding carboxylic acids is 1. The van der Waals surface area contributed by atoms with Crippen molar-refractivity contribution in [3.8, 4) is 11.8 Å². The second-order valence-electron chi connectivity index (χ2n) is 6.16. The van der Waals surface area contributed by atoms with Crippen LogP contribution in [0.15, 0.2) is 42.6 Å². The molecule has 25 heavy (non-hydrogen) atoms. The Kier molecular flexibility index (Phi) is 5.14. The summed E-state index contributed by atoms with van der Waals surface area (Å²) >= 11 is 0. The molecule has 0 unspecified atom stereocenters. The quantitative estimate of drug-likeness (QED) is 0.893. The van der Waals surface area contributed by atoms with Gasteiger partial charge in [-0.1, -0.05) is 12.1 Å². The lowest BCUT2D eigenvalue weighted by atomic mass is 9.95. The van der Waals surface area contributed by atoms with Gasteiger partial charge in [0.2, 0.25) is 5.91 Å². The zero-order valence-corrected chi connectivity index (χ0v) is 13.9. The topological polar surface area (TPSA) is 89.2 Å². The summed E-state index contributed by atoms with van der Waals surface area (Å²) < 4.78 is 0. The normalized spacial score (nSPS) is 14.8. The molecule has 1 aliphatic rings. The second kappa shape index (κ2) is 7.67. The number of aromatic nitrogens is 1. The molecule has 0 spiro atoms. The number of hydrogen-bond donors (Lipinski definition) is 2. The first-order valence-corrected chi connectivity index (χ1v) is 8.32. The molecular formula is C19H20N4O2. The molecule has 0 saturated carbocycles. The van der Waals surface area contributed by atoms with Crippen LogP contribution in [0.1, 0.15) is 24.0 Å². The minimum atomic E-state index is 0.00625. The first-order chi connectivity index (χ1) is 12.2. The number of hydrogen-bond acceptors (Lipinski definition) is 5. The molecule has 6 nitrogen and oxygen atoms in total. The smallest absolute Gasteiger partial charge is 0.223 e. The van der Waals surface area contributed by atoms with E-state index in [2.05, 4.69) is 21.3 Å². The monoisotopic (exact) mass is 336 g/mol. The maximum Gasteiger partial charge on any atom is 0.223 e. The van der Waals surface area contributed by atoms with Gasteiger partial charge in [0.05, 0.1) is 5.56 Å². The van der Waals surface area contributed by atoms with E-state index in [0.29, 0.717) is 12.1 Å². The van der Waals surface area contributed by atoms with Crippen LogP contribution in [0.5, 0.6) is 5.75 Å². The van der Waals surface area contributed by atoms with Crippen LogP contribution in [0.3, 0.4) is 0 Å². The fourth-order valence-electron chi connectivity index (χ4n) is 2.96. The minimum absolute atomic E-state index is 0.00625. The molecule has 0 bridgehead atoms. The number of nitrogens with one attached hydrogen (secondary N) is 1. The fraction of sp³-hybridized carbons (Fsp3) is 0.316. The Balaban J connectivity index is 1.48. The lowest BCUT2D eigenvalue weighted by Gasteiger charge is -2.32. The van der Waals surface area contributed by atoms with E-state index < -0.39 is 0 Å². The molecule has 0 atom stereocenters. The summed E-state index contributed by atoms with van der Waals surface area (Å²) in [4.78, 5) is 18.8. The van der Waals surface area contributed by atoms with Crippen molar-refractivity contribution in [1.29, 1.82) is 5.26 Å². The van der Waals surface area contributed by atoms with E-state index in [9.17, 15) is 9.90 Å². The highest BCUT2D eigenvalue weighted by Crippen LogP contribution is 2.22. The molecule has 1 saturated heterocycles. The number of piperidine rings is 1. The van der Waals surface area contributed by atoms with Crippen LogP contribution < -0.4 is 10.2 Å². The Labute approximate surface area is 146 Å². The molecule has 0 radical (unpaired) electrons. The Morgan fingerprint density at radius 3 is 2.56 bits per heavy atom. The molecule has 3 rings (SSSR count). The van der Waals surface area contributed by atoms with Crippen molar-refractivity contribution < 1.29 is 9.90 Å². The number of aromatic hydroxyl groups is 1. The number of nitrogens with zero attached hydrogens (tertiary/aromatic N) is 3. The number of rotatable bonds is 4. The summed E-state index contributed by atoms with van der Waals surface area (Å²) in [6.45, 7) is 2.02. The fourth-order valence-corrected chi connectivity index (χ4v) is 2.96. The van der Waals surface area contributed by atoms with Gasteiger partial charge in [-0.3, -0.25) is 4.79 Å². The van der Waals surface area contributed by atoms with Crippen molar-refractivity contribution in [3.63, 3.8) is 0 Å². The van der Waals surface area contributed by atoms with Crippen molar-refractivity contribution in [1.82, 2.24) is 10.3 Å². The first-order valence-electron chi connectivity index (χ1n) is 8.32. The van der Waals surface area contributed by atoms with Gasteiger partial charge in [0.1, 0.15) is 17.6 Å². The Morgan fingerprint density at radius 2 is 1.96 bits per heavy atom. The van der Waals surface area contributed by atoms with Crippen molar-refractivity contribution in [2.45, 2.75) is 19.4 Å². The summed E-state index contributed by atoms with van der Waals surface area (Å²) in [6, 6.07) is 12.5. The molecule has 1 amide bonds. The number of pyridine rings is 1. The minimum Gasteiger partial charge on any atom is -0.508 e. The molecule has 2 N–H and O–H groups in total. The number of anilines is 1. The summed E-state index contributed by atoms with van der Waals surface area (Å²) in [5, 5.41) is 21.1. The van der Waals surface area contributed by atoms with Crippen LogP contribution >= 0.6 is 0 Å². The van der Waals surface area contributed by atoms with Crippen molar-refractivity contribution in [3.05, 3.63) is 53.7 Å². The van der Waals surface area contributed by atoms with Gasteiger partial charge >= 0.3 is 0 Å². The molecule has 2 heterocycles. The summed E-state index contributed by atoms with van der Waals surface area (Å²) in [6.07, 6.45) is 3.14. The van der Waals surface area contributed by atoms with E-state index in [0.717, 1.165) is 37.3 Å². The zero-order chi connectivity index (χ0) is 17.6. The average Bonchev–Trinajstić information content (AvgIpc) is 2.67. The van der Waals surface area contributed by atoms with Crippen LogP contribution in [0, 0.1) is 17.2 Å². The van der Waals surface area contributed by atoms with Gasteiger partial charge in [0.25, 0.3) is 0 Å². The number of phenols is 1. The molecule has 1 aromatic heterocycles. The largest absolute Gasteiger partial charge is 0.508 e. The summed E-state index contributed by atoms with van der Waals surface area (Å²) in [7, 11) is 0. The predicted molar refractivity (Wildman–Crippen MR) is 93.8 cm³/mol. The van der Waals surface area contributed by atoms with Gasteiger partial charge in [-0.15, -0.1) is 0 Å². The van der Waals surface area contributed by atoms with Crippen molar-refractivity contribution >= 4 is 11.7 Å². The van der Waals surface area contributed by atoms with E-state index in [1.54, 1.807) is 36.5 Å². The van der Waals surface area contributed by atoms with Crippen LogP contribution in [-0.4, -0.2) is 29.1 Å². The van der Waals surface area contributed by atoms with Gasteiger partial charge in [0, 0.05) is 31.7 Å². The highest BCUT2D eigenvalue weighted by Gasteiger charge is 2.25. The van der Waals surface area contributed by atoms with Crippen LogP contribution in [0.4, 0.5) is 5.82 Å². The predicted octanol–water partition coefficient (Wildman–Crippen LogP) is 2.19. The summed E-state index contributed by atoms with van der Waals surface area (Å²) in [5.41, 5.74) is 1.51. The number of amides is 1. The maximum atomic E-state index is 12.3. The van der Waals surface area contributed by atoms with Gasteiger partial charge in [0.15, 0.2) is 0 Å². The number of benzene rings is 1. The van der Waals surface area contributed by atoms with Crippen LogP contribution in [-0.2, 0) is 11.3 Å². The van der Waals surface area contributed by atoms with Gasteiger partial charge in [-0.05, 0) is 42.7 Å².